The number of hydrogen-bond donors (Lipinski definition) is 1. The minimum atomic E-state index is -2.42. The minimum absolute atomic E-state index is 0.277. The van der Waals surface area contributed by atoms with Crippen LogP contribution in [0.15, 0.2) is 0 Å². The predicted molar refractivity (Wildman–Crippen MR) is 42.7 cm³/mol. The van der Waals surface area contributed by atoms with Crippen LogP contribution in [0.2, 0.25) is 0 Å². The highest BCUT2D eigenvalue weighted by molar-refractivity contribution is 4.82. The van der Waals surface area contributed by atoms with Crippen LogP contribution in [0, 0.1) is 5.92 Å². The number of rotatable bonds is 4. The van der Waals surface area contributed by atoms with Gasteiger partial charge in [0.1, 0.15) is 0 Å². The van der Waals surface area contributed by atoms with E-state index in [0.29, 0.717) is 6.42 Å². The molecule has 0 aliphatic carbocycles. The van der Waals surface area contributed by atoms with Crippen LogP contribution < -0.4 is 5.73 Å². The fourth-order valence-electron chi connectivity index (χ4n) is 0.984. The summed E-state index contributed by atoms with van der Waals surface area (Å²) in [6.07, 6.45) is -1.13. The Morgan fingerprint density at radius 2 is 1.91 bits per heavy atom. The third-order valence-electron chi connectivity index (χ3n) is 1.98. The average molecular weight is 165 g/mol. The molecular weight excluding hydrogens is 148 g/mol. The summed E-state index contributed by atoms with van der Waals surface area (Å²) in [5.41, 5.74) is 4.08. The fraction of sp³-hybridized carbons (Fsp3) is 1.00. The van der Waals surface area contributed by atoms with Crippen LogP contribution >= 0.6 is 0 Å². The lowest BCUT2D eigenvalue weighted by molar-refractivity contribution is 0.0502. The molecule has 0 radical (unpaired) electrons. The first-order chi connectivity index (χ1) is 4.90. The largest absolute Gasteiger partial charge is 0.321 e. The van der Waals surface area contributed by atoms with E-state index in [9.17, 15) is 8.78 Å². The molecule has 2 unspecified atom stereocenters. The number of alkyl halides is 2. The third kappa shape index (κ3) is 3.65. The van der Waals surface area contributed by atoms with Gasteiger partial charge in [-0.2, -0.15) is 0 Å². The number of nitrogens with two attached hydrogens (primary N) is 1. The van der Waals surface area contributed by atoms with Gasteiger partial charge in [-0.1, -0.05) is 20.3 Å². The second-order valence-electron chi connectivity index (χ2n) is 3.52. The first kappa shape index (κ1) is 10.8. The van der Waals surface area contributed by atoms with Crippen LogP contribution in [0.3, 0.4) is 0 Å². The van der Waals surface area contributed by atoms with E-state index in [-0.39, 0.29) is 5.92 Å². The summed E-state index contributed by atoms with van der Waals surface area (Å²) in [6, 6.07) is 0. The maximum absolute atomic E-state index is 12.2. The number of halogens is 2. The Morgan fingerprint density at radius 3 is 2.18 bits per heavy atom. The molecule has 3 heteroatoms. The van der Waals surface area contributed by atoms with Gasteiger partial charge >= 0.3 is 0 Å². The minimum Gasteiger partial charge on any atom is -0.321 e. The van der Waals surface area contributed by atoms with Gasteiger partial charge in [0.15, 0.2) is 0 Å². The van der Waals surface area contributed by atoms with Crippen molar-refractivity contribution in [2.45, 2.75) is 45.6 Å². The van der Waals surface area contributed by atoms with Crippen LogP contribution in [-0.4, -0.2) is 12.0 Å². The zero-order chi connectivity index (χ0) is 9.07. The molecule has 0 aromatic heterocycles. The standard InChI is InChI=1S/C8H17F2N/c1-4-6(2)5-8(3,11)7(9)10/h6-7H,4-5,11H2,1-3H3. The molecule has 0 saturated heterocycles. The molecule has 0 aromatic rings. The molecule has 2 N–H and O–H groups in total. The van der Waals surface area contributed by atoms with Crippen molar-refractivity contribution in [3.8, 4) is 0 Å². The van der Waals surface area contributed by atoms with E-state index in [4.69, 9.17) is 5.73 Å². The molecule has 0 bridgehead atoms. The van der Waals surface area contributed by atoms with E-state index < -0.39 is 12.0 Å². The van der Waals surface area contributed by atoms with E-state index in [0.717, 1.165) is 6.42 Å². The Morgan fingerprint density at radius 1 is 1.45 bits per heavy atom. The molecule has 0 fully saturated rings. The molecule has 0 amide bonds. The molecule has 0 saturated carbocycles. The maximum Gasteiger partial charge on any atom is 0.256 e. The predicted octanol–water partition coefficient (Wildman–Crippen LogP) is 2.41. The molecule has 0 heterocycles. The highest BCUT2D eigenvalue weighted by Gasteiger charge is 2.31. The Kier molecular flexibility index (Phi) is 3.93. The highest BCUT2D eigenvalue weighted by atomic mass is 19.3. The summed E-state index contributed by atoms with van der Waals surface area (Å²) in [5, 5.41) is 0. The summed E-state index contributed by atoms with van der Waals surface area (Å²) in [6.45, 7) is 5.32. The van der Waals surface area contributed by atoms with Crippen LogP contribution in [0.25, 0.3) is 0 Å². The van der Waals surface area contributed by atoms with Crippen molar-refractivity contribution in [2.75, 3.05) is 0 Å². The molecule has 0 aliphatic rings. The van der Waals surface area contributed by atoms with Gasteiger partial charge in [0.25, 0.3) is 6.43 Å². The highest BCUT2D eigenvalue weighted by Crippen LogP contribution is 2.22. The Bertz CT molecular complexity index is 113. The summed E-state index contributed by atoms with van der Waals surface area (Å²) < 4.78 is 24.4. The molecule has 0 aromatic carbocycles. The molecule has 0 spiro atoms. The molecule has 1 nitrogen and oxygen atoms in total. The Balaban J connectivity index is 3.90. The van der Waals surface area contributed by atoms with Crippen LogP contribution in [-0.2, 0) is 0 Å². The van der Waals surface area contributed by atoms with E-state index in [1.54, 1.807) is 0 Å². The second kappa shape index (κ2) is 4.00. The maximum atomic E-state index is 12.2. The van der Waals surface area contributed by atoms with Crippen molar-refractivity contribution in [3.05, 3.63) is 0 Å². The van der Waals surface area contributed by atoms with Crippen molar-refractivity contribution >= 4 is 0 Å². The van der Waals surface area contributed by atoms with Gasteiger partial charge in [0.05, 0.1) is 5.54 Å². The van der Waals surface area contributed by atoms with Crippen molar-refractivity contribution in [3.63, 3.8) is 0 Å². The lowest BCUT2D eigenvalue weighted by atomic mass is 9.90. The molecule has 11 heavy (non-hydrogen) atoms. The van der Waals surface area contributed by atoms with Crippen LogP contribution in [0.5, 0.6) is 0 Å². The van der Waals surface area contributed by atoms with Gasteiger partial charge in [-0.25, -0.2) is 8.78 Å². The molecule has 0 aliphatic heterocycles. The first-order valence-corrected chi connectivity index (χ1v) is 3.97. The second-order valence-corrected chi connectivity index (χ2v) is 3.52. The topological polar surface area (TPSA) is 26.0 Å². The van der Waals surface area contributed by atoms with Gasteiger partial charge in [0, 0.05) is 0 Å². The third-order valence-corrected chi connectivity index (χ3v) is 1.98. The van der Waals surface area contributed by atoms with Gasteiger partial charge in [-0.05, 0) is 19.3 Å². The molecule has 2 atom stereocenters. The molecule has 0 rings (SSSR count). The first-order valence-electron chi connectivity index (χ1n) is 3.97. The lowest BCUT2D eigenvalue weighted by Gasteiger charge is -2.26. The smallest absolute Gasteiger partial charge is 0.256 e. The summed E-state index contributed by atoms with van der Waals surface area (Å²) in [4.78, 5) is 0. The normalized spacial score (nSPS) is 19.9. The van der Waals surface area contributed by atoms with Crippen molar-refractivity contribution < 1.29 is 8.78 Å². The van der Waals surface area contributed by atoms with Crippen LogP contribution in [0.1, 0.15) is 33.6 Å². The van der Waals surface area contributed by atoms with E-state index >= 15 is 0 Å². The Hall–Kier alpha value is -0.180. The van der Waals surface area contributed by atoms with Crippen molar-refractivity contribution in [2.24, 2.45) is 11.7 Å². The molecular formula is C8H17F2N. The van der Waals surface area contributed by atoms with Gasteiger partial charge in [-0.3, -0.25) is 0 Å². The van der Waals surface area contributed by atoms with Crippen molar-refractivity contribution in [1.82, 2.24) is 0 Å². The van der Waals surface area contributed by atoms with E-state index in [1.165, 1.54) is 6.92 Å². The van der Waals surface area contributed by atoms with E-state index in [2.05, 4.69) is 0 Å². The van der Waals surface area contributed by atoms with Gasteiger partial charge < -0.3 is 5.73 Å². The van der Waals surface area contributed by atoms with Crippen LogP contribution in [0.4, 0.5) is 8.78 Å². The summed E-state index contributed by atoms with van der Waals surface area (Å²) >= 11 is 0. The monoisotopic (exact) mass is 165 g/mol. The lowest BCUT2D eigenvalue weighted by Crippen LogP contribution is -2.45. The summed E-state index contributed by atoms with van der Waals surface area (Å²) in [5.74, 6) is 0.277. The molecule has 68 valence electrons. The average Bonchev–Trinajstić information content (AvgIpc) is 1.86. The zero-order valence-corrected chi connectivity index (χ0v) is 7.40. The van der Waals surface area contributed by atoms with Gasteiger partial charge in [-0.15, -0.1) is 0 Å². The van der Waals surface area contributed by atoms with Gasteiger partial charge in [0.2, 0.25) is 0 Å². The van der Waals surface area contributed by atoms with Crippen molar-refractivity contribution in [1.29, 1.82) is 0 Å². The van der Waals surface area contributed by atoms with E-state index in [1.807, 2.05) is 13.8 Å². The quantitative estimate of drug-likeness (QED) is 0.680. The number of hydrogen-bond acceptors (Lipinski definition) is 1. The summed E-state index contributed by atoms with van der Waals surface area (Å²) in [7, 11) is 0. The Labute approximate surface area is 67.0 Å². The zero-order valence-electron chi connectivity index (χ0n) is 7.40. The SMILES string of the molecule is CCC(C)CC(C)(N)C(F)F. The fourth-order valence-corrected chi connectivity index (χ4v) is 0.984.